The molecule has 3 aromatic rings. The maximum absolute atomic E-state index is 2.40. The van der Waals surface area contributed by atoms with E-state index >= 15 is 0 Å². The second kappa shape index (κ2) is 9.96. The van der Waals surface area contributed by atoms with E-state index in [1.165, 1.54) is 51.8 Å². The second-order valence-electron chi connectivity index (χ2n) is 8.98. The fourth-order valence-electron chi connectivity index (χ4n) is 4.42. The van der Waals surface area contributed by atoms with Gasteiger partial charge in [-0.15, -0.1) is 0 Å². The van der Waals surface area contributed by atoms with Gasteiger partial charge in [-0.05, 0) is 86.8 Å². The first kappa shape index (κ1) is 22.8. The maximum atomic E-state index is 2.40. The Labute approximate surface area is 189 Å². The van der Waals surface area contributed by atoms with E-state index in [4.69, 9.17) is 0 Å². The first-order valence-electron chi connectivity index (χ1n) is 11.1. The minimum Gasteiger partial charge on any atom is -0.0776 e. The van der Waals surface area contributed by atoms with Crippen LogP contribution in [-0.2, 0) is 12.8 Å². The van der Waals surface area contributed by atoms with Crippen LogP contribution < -0.4 is 0 Å². The number of aryl methyl sites for hydroxylation is 3. The largest absolute Gasteiger partial charge is 0.0776 e. The predicted molar refractivity (Wildman–Crippen MR) is 137 cm³/mol. The standard InChI is InChI=1S/2C15H16.CH4/c1-10-3-5-14-12(7-10)9-13-8-11(2)4-6-15(13)14;1-12-3-7-14(8-4-12)11-15-9-5-13(2)6-10-15;/h3,5,7-8H,4,6,9H2,1-2H3;3-10H,11H2,1-2H3;1H4. The van der Waals surface area contributed by atoms with Gasteiger partial charge in [0, 0.05) is 0 Å². The second-order valence-corrected chi connectivity index (χ2v) is 8.98. The number of allylic oxidation sites excluding steroid dienone is 4. The summed E-state index contributed by atoms with van der Waals surface area (Å²) in [6.07, 6.45) is 7.07. The molecule has 2 aliphatic rings. The minimum absolute atomic E-state index is 0. The van der Waals surface area contributed by atoms with Crippen molar-refractivity contribution in [1.29, 1.82) is 0 Å². The molecule has 0 aromatic heterocycles. The first-order chi connectivity index (χ1) is 14.5. The Kier molecular flexibility index (Phi) is 7.33. The van der Waals surface area contributed by atoms with Crippen molar-refractivity contribution in [2.45, 2.75) is 60.8 Å². The average Bonchev–Trinajstić information content (AvgIpc) is 3.08. The lowest BCUT2D eigenvalue weighted by molar-refractivity contribution is 0.965. The molecule has 0 spiro atoms. The van der Waals surface area contributed by atoms with E-state index in [0.29, 0.717) is 0 Å². The van der Waals surface area contributed by atoms with Gasteiger partial charge in [-0.25, -0.2) is 0 Å². The zero-order valence-corrected chi connectivity index (χ0v) is 18.8. The van der Waals surface area contributed by atoms with Gasteiger partial charge in [0.25, 0.3) is 0 Å². The van der Waals surface area contributed by atoms with Crippen molar-refractivity contribution in [3.05, 3.63) is 123 Å². The summed E-state index contributed by atoms with van der Waals surface area (Å²) in [5, 5.41) is 0. The molecule has 0 heterocycles. The highest BCUT2D eigenvalue weighted by molar-refractivity contribution is 5.80. The molecule has 0 amide bonds. The molecule has 0 heteroatoms. The van der Waals surface area contributed by atoms with Crippen LogP contribution in [0.1, 0.15) is 66.1 Å². The summed E-state index contributed by atoms with van der Waals surface area (Å²) in [6.45, 7) is 8.67. The lowest BCUT2D eigenvalue weighted by Crippen LogP contribution is -1.92. The molecule has 3 aromatic carbocycles. The minimum atomic E-state index is 0. The quantitative estimate of drug-likeness (QED) is 0.398. The van der Waals surface area contributed by atoms with Crippen LogP contribution in [0.3, 0.4) is 0 Å². The van der Waals surface area contributed by atoms with Crippen molar-refractivity contribution in [2.24, 2.45) is 0 Å². The molecule has 31 heavy (non-hydrogen) atoms. The topological polar surface area (TPSA) is 0 Å². The molecular formula is C31H36. The number of benzene rings is 3. The fourth-order valence-corrected chi connectivity index (χ4v) is 4.42. The van der Waals surface area contributed by atoms with Crippen molar-refractivity contribution in [1.82, 2.24) is 0 Å². The summed E-state index contributed by atoms with van der Waals surface area (Å²) in [5.74, 6) is 0. The van der Waals surface area contributed by atoms with Gasteiger partial charge >= 0.3 is 0 Å². The van der Waals surface area contributed by atoms with Gasteiger partial charge in [0.05, 0.1) is 0 Å². The van der Waals surface area contributed by atoms with Crippen LogP contribution in [0.15, 0.2) is 84.0 Å². The molecule has 0 fully saturated rings. The summed E-state index contributed by atoms with van der Waals surface area (Å²) in [6, 6.07) is 24.4. The van der Waals surface area contributed by atoms with Crippen LogP contribution in [0, 0.1) is 20.8 Å². The Balaban J connectivity index is 0.000000170. The van der Waals surface area contributed by atoms with Crippen LogP contribution in [-0.4, -0.2) is 0 Å². The third-order valence-electron chi connectivity index (χ3n) is 6.19. The molecule has 0 radical (unpaired) electrons. The molecule has 0 saturated heterocycles. The van der Waals surface area contributed by atoms with Gasteiger partial charge in [-0.2, -0.15) is 0 Å². The monoisotopic (exact) mass is 408 g/mol. The molecule has 5 rings (SSSR count). The van der Waals surface area contributed by atoms with E-state index in [9.17, 15) is 0 Å². The van der Waals surface area contributed by atoms with Gasteiger partial charge in [0.2, 0.25) is 0 Å². The summed E-state index contributed by atoms with van der Waals surface area (Å²) >= 11 is 0. The van der Waals surface area contributed by atoms with Crippen molar-refractivity contribution in [2.75, 3.05) is 0 Å². The number of fused-ring (bicyclic) bond motifs is 2. The van der Waals surface area contributed by atoms with Crippen LogP contribution in [0.5, 0.6) is 0 Å². The molecule has 0 unspecified atom stereocenters. The number of rotatable bonds is 2. The van der Waals surface area contributed by atoms with E-state index in [1.807, 2.05) is 0 Å². The van der Waals surface area contributed by atoms with Crippen LogP contribution >= 0.6 is 0 Å². The Morgan fingerprint density at radius 1 is 0.645 bits per heavy atom. The van der Waals surface area contributed by atoms with Crippen molar-refractivity contribution in [3.8, 4) is 0 Å². The smallest absolute Gasteiger partial charge is 0.00167 e. The Bertz CT molecular complexity index is 1050. The summed E-state index contributed by atoms with van der Waals surface area (Å²) < 4.78 is 0. The van der Waals surface area contributed by atoms with Gasteiger partial charge in [0.1, 0.15) is 0 Å². The SMILES string of the molecule is C.CC1=CC2=C(CC1)c1ccc(C)cc1C2.Cc1ccc(Cc2ccc(C)cc2)cc1. The molecule has 0 N–H and O–H groups in total. The molecule has 0 bridgehead atoms. The normalized spacial score (nSPS) is 14.0. The summed E-state index contributed by atoms with van der Waals surface area (Å²) in [4.78, 5) is 0. The molecule has 0 atom stereocenters. The molecule has 0 saturated carbocycles. The van der Waals surface area contributed by atoms with Gasteiger partial charge in [-0.1, -0.05) is 102 Å². The number of hydrogen-bond acceptors (Lipinski definition) is 0. The fraction of sp³-hybridized carbons (Fsp3) is 0.290. The highest BCUT2D eigenvalue weighted by Gasteiger charge is 2.22. The average molecular weight is 409 g/mol. The lowest BCUT2D eigenvalue weighted by atomic mass is 9.93. The van der Waals surface area contributed by atoms with Gasteiger partial charge < -0.3 is 0 Å². The molecule has 160 valence electrons. The Hall–Kier alpha value is -2.86. The van der Waals surface area contributed by atoms with Crippen LogP contribution in [0.25, 0.3) is 5.57 Å². The third-order valence-corrected chi connectivity index (χ3v) is 6.19. The van der Waals surface area contributed by atoms with Gasteiger partial charge in [0.15, 0.2) is 0 Å². The summed E-state index contributed by atoms with van der Waals surface area (Å²) in [7, 11) is 0. The lowest BCUT2D eigenvalue weighted by Gasteiger charge is -2.12. The highest BCUT2D eigenvalue weighted by atomic mass is 14.3. The van der Waals surface area contributed by atoms with E-state index < -0.39 is 0 Å². The summed E-state index contributed by atoms with van der Waals surface area (Å²) in [5.41, 5.74) is 14.5. The van der Waals surface area contributed by atoms with E-state index in [-0.39, 0.29) is 7.43 Å². The zero-order chi connectivity index (χ0) is 21.1. The molecule has 2 aliphatic carbocycles. The van der Waals surface area contributed by atoms with E-state index in [2.05, 4.69) is 101 Å². The van der Waals surface area contributed by atoms with Crippen molar-refractivity contribution in [3.63, 3.8) is 0 Å². The van der Waals surface area contributed by atoms with Gasteiger partial charge in [-0.3, -0.25) is 0 Å². The third kappa shape index (κ3) is 5.64. The van der Waals surface area contributed by atoms with Crippen LogP contribution in [0.4, 0.5) is 0 Å². The maximum Gasteiger partial charge on any atom is -0.00167 e. The van der Waals surface area contributed by atoms with Crippen molar-refractivity contribution < 1.29 is 0 Å². The van der Waals surface area contributed by atoms with E-state index in [1.54, 1.807) is 16.7 Å². The van der Waals surface area contributed by atoms with E-state index in [0.717, 1.165) is 12.8 Å². The number of hydrogen-bond donors (Lipinski definition) is 0. The molecule has 0 aliphatic heterocycles. The molecule has 0 nitrogen and oxygen atoms in total. The first-order valence-corrected chi connectivity index (χ1v) is 11.1. The van der Waals surface area contributed by atoms with Crippen LogP contribution in [0.2, 0.25) is 0 Å². The Morgan fingerprint density at radius 3 is 1.77 bits per heavy atom. The molecular weight excluding hydrogens is 372 g/mol. The predicted octanol–water partition coefficient (Wildman–Crippen LogP) is 8.58. The Morgan fingerprint density at radius 2 is 1.19 bits per heavy atom. The zero-order valence-electron chi connectivity index (χ0n) is 18.8. The van der Waals surface area contributed by atoms with Crippen molar-refractivity contribution >= 4 is 5.57 Å². The highest BCUT2D eigenvalue weighted by Crippen LogP contribution is 2.40.